The summed E-state index contributed by atoms with van der Waals surface area (Å²) in [5, 5.41) is 12.0. The van der Waals surface area contributed by atoms with Crippen molar-refractivity contribution < 1.29 is 19.4 Å². The van der Waals surface area contributed by atoms with Gasteiger partial charge in [0.25, 0.3) is 0 Å². The van der Waals surface area contributed by atoms with Crippen LogP contribution in [0.2, 0.25) is 0 Å². The summed E-state index contributed by atoms with van der Waals surface area (Å²) in [6, 6.07) is -0.139. The van der Waals surface area contributed by atoms with Crippen LogP contribution in [0.5, 0.6) is 0 Å². The number of carbonyl (C=O) groups excluding carboxylic acids is 1. The van der Waals surface area contributed by atoms with E-state index in [1.807, 2.05) is 19.1 Å². The number of nitrogens with one attached hydrogen (secondary N) is 1. The number of methoxy groups -OCH3 is 1. The Morgan fingerprint density at radius 1 is 1.42 bits per heavy atom. The van der Waals surface area contributed by atoms with Gasteiger partial charge >= 0.3 is 12.0 Å². The topological polar surface area (TPSA) is 78.9 Å². The van der Waals surface area contributed by atoms with Gasteiger partial charge in [0.2, 0.25) is 0 Å². The third-order valence-electron chi connectivity index (χ3n) is 3.46. The van der Waals surface area contributed by atoms with Crippen LogP contribution in [0.15, 0.2) is 12.2 Å². The third kappa shape index (κ3) is 3.96. The van der Waals surface area contributed by atoms with Crippen LogP contribution in [0.4, 0.5) is 4.79 Å². The standard InChI is InChI=1S/C13H22N2O4/c1-3-4-5-8-14-12(18)15-9-6-13(19-2,7-10-15)11(16)17/h3-4H,5-10H2,1-2H3,(H,14,18)(H,16,17)/b4-3+. The predicted molar refractivity (Wildman–Crippen MR) is 71.0 cm³/mol. The molecule has 1 saturated heterocycles. The van der Waals surface area contributed by atoms with Crippen molar-refractivity contribution in [1.82, 2.24) is 10.2 Å². The summed E-state index contributed by atoms with van der Waals surface area (Å²) in [7, 11) is 1.40. The van der Waals surface area contributed by atoms with Crippen molar-refractivity contribution in [3.05, 3.63) is 12.2 Å². The Kier molecular flexibility index (Phi) is 5.82. The Morgan fingerprint density at radius 3 is 2.53 bits per heavy atom. The van der Waals surface area contributed by atoms with E-state index >= 15 is 0 Å². The van der Waals surface area contributed by atoms with Gasteiger partial charge in [-0.05, 0) is 13.3 Å². The minimum absolute atomic E-state index is 0.139. The Hall–Kier alpha value is -1.56. The van der Waals surface area contributed by atoms with Gasteiger partial charge in [-0.3, -0.25) is 0 Å². The first-order chi connectivity index (χ1) is 9.05. The smallest absolute Gasteiger partial charge is 0.336 e. The molecular weight excluding hydrogens is 248 g/mol. The second-order valence-corrected chi connectivity index (χ2v) is 4.58. The molecule has 2 N–H and O–H groups in total. The van der Waals surface area contributed by atoms with Gasteiger partial charge in [0.1, 0.15) is 0 Å². The lowest BCUT2D eigenvalue weighted by Crippen LogP contribution is -2.53. The number of hydrogen-bond acceptors (Lipinski definition) is 3. The molecule has 1 rings (SSSR count). The van der Waals surface area contributed by atoms with Gasteiger partial charge in [0.15, 0.2) is 5.60 Å². The molecule has 0 bridgehead atoms. The molecule has 0 aliphatic carbocycles. The van der Waals surface area contributed by atoms with Crippen LogP contribution in [0.25, 0.3) is 0 Å². The second-order valence-electron chi connectivity index (χ2n) is 4.58. The maximum Gasteiger partial charge on any atom is 0.336 e. The van der Waals surface area contributed by atoms with Crippen molar-refractivity contribution in [2.75, 3.05) is 26.7 Å². The number of allylic oxidation sites excluding steroid dienone is 1. The largest absolute Gasteiger partial charge is 0.479 e. The number of carboxylic acid groups (broad SMARTS) is 1. The fraction of sp³-hybridized carbons (Fsp3) is 0.692. The number of carboxylic acids is 1. The molecule has 19 heavy (non-hydrogen) atoms. The summed E-state index contributed by atoms with van der Waals surface area (Å²) >= 11 is 0. The van der Waals surface area contributed by atoms with Crippen LogP contribution in [0.3, 0.4) is 0 Å². The van der Waals surface area contributed by atoms with Crippen molar-refractivity contribution in [2.24, 2.45) is 0 Å². The first-order valence-corrected chi connectivity index (χ1v) is 6.48. The van der Waals surface area contributed by atoms with E-state index in [1.165, 1.54) is 7.11 Å². The molecule has 0 radical (unpaired) electrons. The number of piperidine rings is 1. The molecule has 0 unspecified atom stereocenters. The average molecular weight is 270 g/mol. The number of likely N-dealkylation sites (tertiary alicyclic amines) is 1. The number of carbonyl (C=O) groups is 2. The molecule has 0 atom stereocenters. The van der Waals surface area contributed by atoms with Crippen LogP contribution in [-0.2, 0) is 9.53 Å². The summed E-state index contributed by atoms with van der Waals surface area (Å²) in [5.41, 5.74) is -1.14. The zero-order valence-corrected chi connectivity index (χ0v) is 11.5. The maximum absolute atomic E-state index is 11.8. The van der Waals surface area contributed by atoms with Gasteiger partial charge in [0, 0.05) is 39.6 Å². The summed E-state index contributed by atoms with van der Waals surface area (Å²) < 4.78 is 5.11. The number of ether oxygens (including phenoxy) is 1. The van der Waals surface area contributed by atoms with Crippen LogP contribution >= 0.6 is 0 Å². The molecule has 1 aliphatic rings. The normalized spacial score (nSPS) is 18.5. The first-order valence-electron chi connectivity index (χ1n) is 6.48. The second kappa shape index (κ2) is 7.13. The number of hydrogen-bond donors (Lipinski definition) is 2. The van der Waals surface area contributed by atoms with E-state index in [2.05, 4.69) is 5.32 Å². The lowest BCUT2D eigenvalue weighted by atomic mass is 9.91. The van der Waals surface area contributed by atoms with Crippen molar-refractivity contribution in [3.63, 3.8) is 0 Å². The minimum atomic E-state index is -1.14. The van der Waals surface area contributed by atoms with E-state index in [0.29, 0.717) is 32.5 Å². The number of aliphatic carboxylic acids is 1. The zero-order valence-electron chi connectivity index (χ0n) is 11.5. The van der Waals surface area contributed by atoms with Gasteiger partial charge in [-0.25, -0.2) is 9.59 Å². The molecule has 6 heteroatoms. The SMILES string of the molecule is C/C=C/CCNC(=O)N1CCC(OC)(C(=O)O)CC1. The fourth-order valence-electron chi connectivity index (χ4n) is 2.12. The molecule has 0 aromatic carbocycles. The lowest BCUT2D eigenvalue weighted by Gasteiger charge is -2.37. The van der Waals surface area contributed by atoms with E-state index in [1.54, 1.807) is 4.90 Å². The number of rotatable bonds is 5. The van der Waals surface area contributed by atoms with E-state index in [9.17, 15) is 9.59 Å². The number of nitrogens with zero attached hydrogens (tertiary/aromatic N) is 1. The Bertz CT molecular complexity index is 347. The van der Waals surface area contributed by atoms with Gasteiger partial charge in [-0.15, -0.1) is 0 Å². The highest BCUT2D eigenvalue weighted by molar-refractivity contribution is 5.79. The summed E-state index contributed by atoms with van der Waals surface area (Å²) in [4.78, 5) is 24.6. The Labute approximate surface area is 113 Å². The predicted octanol–water partition coefficient (Wildman–Crippen LogP) is 1.23. The van der Waals surface area contributed by atoms with Gasteiger partial charge < -0.3 is 20.1 Å². The summed E-state index contributed by atoms with van der Waals surface area (Å²) in [6.07, 6.45) is 5.36. The minimum Gasteiger partial charge on any atom is -0.479 e. The van der Waals surface area contributed by atoms with Gasteiger partial charge in [-0.2, -0.15) is 0 Å². The molecule has 0 saturated carbocycles. The first kappa shape index (κ1) is 15.5. The lowest BCUT2D eigenvalue weighted by molar-refractivity contribution is -0.167. The zero-order chi connectivity index (χ0) is 14.3. The molecular formula is C13H22N2O4. The van der Waals surface area contributed by atoms with Crippen LogP contribution < -0.4 is 5.32 Å². The van der Waals surface area contributed by atoms with E-state index in [-0.39, 0.29) is 6.03 Å². The van der Waals surface area contributed by atoms with Crippen molar-refractivity contribution in [2.45, 2.75) is 31.8 Å². The van der Waals surface area contributed by atoms with Crippen molar-refractivity contribution in [3.8, 4) is 0 Å². The molecule has 1 heterocycles. The van der Waals surface area contributed by atoms with E-state index in [0.717, 1.165) is 6.42 Å². The highest BCUT2D eigenvalue weighted by Gasteiger charge is 2.42. The van der Waals surface area contributed by atoms with E-state index < -0.39 is 11.6 Å². The van der Waals surface area contributed by atoms with Crippen molar-refractivity contribution >= 4 is 12.0 Å². The van der Waals surface area contributed by atoms with Crippen LogP contribution in [0.1, 0.15) is 26.2 Å². The Balaban J connectivity index is 2.40. The maximum atomic E-state index is 11.8. The van der Waals surface area contributed by atoms with Gasteiger partial charge in [-0.1, -0.05) is 12.2 Å². The Morgan fingerprint density at radius 2 is 2.05 bits per heavy atom. The quantitative estimate of drug-likeness (QED) is 0.581. The molecule has 1 fully saturated rings. The molecule has 1 aliphatic heterocycles. The monoisotopic (exact) mass is 270 g/mol. The molecule has 108 valence electrons. The molecule has 0 aromatic heterocycles. The molecule has 6 nitrogen and oxygen atoms in total. The number of urea groups is 1. The summed E-state index contributed by atoms with van der Waals surface area (Å²) in [6.45, 7) is 3.32. The average Bonchev–Trinajstić information content (AvgIpc) is 2.43. The highest BCUT2D eigenvalue weighted by Crippen LogP contribution is 2.26. The van der Waals surface area contributed by atoms with Gasteiger partial charge in [0.05, 0.1) is 0 Å². The fourth-order valence-corrected chi connectivity index (χ4v) is 2.12. The molecule has 2 amide bonds. The third-order valence-corrected chi connectivity index (χ3v) is 3.46. The van der Waals surface area contributed by atoms with Crippen LogP contribution in [-0.4, -0.2) is 54.4 Å². The van der Waals surface area contributed by atoms with Crippen LogP contribution in [0, 0.1) is 0 Å². The number of amides is 2. The van der Waals surface area contributed by atoms with E-state index in [4.69, 9.17) is 9.84 Å². The summed E-state index contributed by atoms with van der Waals surface area (Å²) in [5.74, 6) is -0.955. The highest BCUT2D eigenvalue weighted by atomic mass is 16.5. The van der Waals surface area contributed by atoms with Crippen molar-refractivity contribution in [1.29, 1.82) is 0 Å². The molecule has 0 aromatic rings. The molecule has 0 spiro atoms.